The van der Waals surface area contributed by atoms with Crippen LogP contribution in [0.1, 0.15) is 43.6 Å². The molecule has 0 saturated heterocycles. The van der Waals surface area contributed by atoms with Gasteiger partial charge < -0.3 is 16.7 Å². The summed E-state index contributed by atoms with van der Waals surface area (Å²) >= 11 is 0. The quantitative estimate of drug-likeness (QED) is 0.284. The minimum atomic E-state index is 0.336. The molecule has 2 aromatic heterocycles. The molecule has 7 nitrogen and oxygen atoms in total. The molecule has 4 rings (SSSR count). The number of nitrogen functional groups attached to an aromatic ring is 1. The number of hydrogen-bond donors (Lipinski definition) is 3. The Balaban J connectivity index is 1.47. The summed E-state index contributed by atoms with van der Waals surface area (Å²) in [6, 6.07) is 10.4. The van der Waals surface area contributed by atoms with Gasteiger partial charge in [-0.25, -0.2) is 4.98 Å². The lowest BCUT2D eigenvalue weighted by Crippen LogP contribution is -2.21. The number of hydrogen-bond acceptors (Lipinski definition) is 5. The molecule has 1 saturated carbocycles. The monoisotopic (exact) mass is 364 g/mol. The van der Waals surface area contributed by atoms with E-state index in [1.54, 1.807) is 16.9 Å². The van der Waals surface area contributed by atoms with Gasteiger partial charge in [0.1, 0.15) is 11.7 Å². The van der Waals surface area contributed by atoms with Gasteiger partial charge in [-0.2, -0.15) is 9.61 Å². The molecule has 3 aromatic rings. The van der Waals surface area contributed by atoms with Gasteiger partial charge in [0.25, 0.3) is 0 Å². The van der Waals surface area contributed by atoms with Crippen molar-refractivity contribution in [2.75, 3.05) is 5.73 Å². The number of fused-ring (bicyclic) bond motifs is 1. The molecule has 2 heterocycles. The summed E-state index contributed by atoms with van der Waals surface area (Å²) in [6.07, 6.45) is 8.66. The summed E-state index contributed by atoms with van der Waals surface area (Å²) in [5.41, 5.74) is 15.9. The number of rotatable bonds is 4. The molecule has 27 heavy (non-hydrogen) atoms. The van der Waals surface area contributed by atoms with Gasteiger partial charge in [-0.1, -0.05) is 29.4 Å². The van der Waals surface area contributed by atoms with Crippen LogP contribution in [0.2, 0.25) is 0 Å². The molecular weight excluding hydrogens is 340 g/mol. The Morgan fingerprint density at radius 1 is 1.15 bits per heavy atom. The summed E-state index contributed by atoms with van der Waals surface area (Å²) in [7, 11) is 0. The second kappa shape index (κ2) is 7.26. The minimum Gasteiger partial charge on any atom is -0.409 e. The van der Waals surface area contributed by atoms with E-state index in [9.17, 15) is 0 Å². The maximum Gasteiger partial charge on any atom is 0.157 e. The topological polar surface area (TPSA) is 115 Å². The van der Waals surface area contributed by atoms with E-state index in [-0.39, 0.29) is 0 Å². The summed E-state index contributed by atoms with van der Waals surface area (Å²) in [4.78, 5) is 4.41. The van der Waals surface area contributed by atoms with E-state index < -0.39 is 0 Å². The number of benzene rings is 1. The first-order chi connectivity index (χ1) is 13.2. The van der Waals surface area contributed by atoms with Crippen LogP contribution in [0, 0.1) is 5.92 Å². The highest BCUT2D eigenvalue weighted by Gasteiger charge is 2.23. The lowest BCUT2D eigenvalue weighted by atomic mass is 9.77. The summed E-state index contributed by atoms with van der Waals surface area (Å²) in [5.74, 6) is 2.01. The summed E-state index contributed by atoms with van der Waals surface area (Å²) in [6.45, 7) is 0. The molecule has 1 aromatic carbocycles. The van der Waals surface area contributed by atoms with Gasteiger partial charge in [0.2, 0.25) is 0 Å². The van der Waals surface area contributed by atoms with Crippen LogP contribution >= 0.6 is 0 Å². The van der Waals surface area contributed by atoms with Crippen molar-refractivity contribution in [2.45, 2.75) is 38.0 Å². The Morgan fingerprint density at radius 2 is 1.89 bits per heavy atom. The largest absolute Gasteiger partial charge is 0.409 e. The van der Waals surface area contributed by atoms with Crippen LogP contribution in [0.5, 0.6) is 0 Å². The third kappa shape index (κ3) is 3.45. The molecule has 1 aliphatic carbocycles. The van der Waals surface area contributed by atoms with Crippen LogP contribution < -0.4 is 11.5 Å². The molecule has 5 N–H and O–H groups in total. The van der Waals surface area contributed by atoms with Crippen LogP contribution in [-0.4, -0.2) is 25.6 Å². The third-order valence-corrected chi connectivity index (χ3v) is 5.62. The molecule has 0 atom stereocenters. The fourth-order valence-corrected chi connectivity index (χ4v) is 4.08. The number of amidine groups is 1. The fourth-order valence-electron chi connectivity index (χ4n) is 4.08. The molecule has 0 spiro atoms. The lowest BCUT2D eigenvalue weighted by molar-refractivity contribution is 0.305. The Hall–Kier alpha value is -3.09. The zero-order valence-electron chi connectivity index (χ0n) is 15.1. The average molecular weight is 364 g/mol. The summed E-state index contributed by atoms with van der Waals surface area (Å²) < 4.78 is 1.66. The van der Waals surface area contributed by atoms with Gasteiger partial charge in [-0.15, -0.1) is 0 Å². The Bertz CT molecular complexity index is 954. The van der Waals surface area contributed by atoms with E-state index in [1.165, 1.54) is 5.56 Å². The Morgan fingerprint density at radius 3 is 2.59 bits per heavy atom. The average Bonchev–Trinajstić information content (AvgIpc) is 3.19. The highest BCUT2D eigenvalue weighted by atomic mass is 16.4. The predicted molar refractivity (Wildman–Crippen MR) is 106 cm³/mol. The van der Waals surface area contributed by atoms with Crippen LogP contribution in [0.3, 0.4) is 0 Å². The zero-order chi connectivity index (χ0) is 18.8. The van der Waals surface area contributed by atoms with Crippen molar-refractivity contribution in [3.8, 4) is 11.1 Å². The minimum absolute atomic E-state index is 0.336. The predicted octanol–water partition coefficient (Wildman–Crippen LogP) is 3.39. The molecular formula is C20H24N6O. The second-order valence-corrected chi connectivity index (χ2v) is 7.29. The van der Waals surface area contributed by atoms with E-state index in [1.807, 2.05) is 6.07 Å². The number of nitrogens with two attached hydrogens (primary N) is 2. The summed E-state index contributed by atoms with van der Waals surface area (Å²) in [5, 5.41) is 16.0. The smallest absolute Gasteiger partial charge is 0.157 e. The first kappa shape index (κ1) is 17.3. The normalized spacial score (nSPS) is 20.8. The van der Waals surface area contributed by atoms with Crippen LogP contribution in [0.25, 0.3) is 16.8 Å². The molecule has 1 fully saturated rings. The molecule has 0 radical (unpaired) electrons. The highest BCUT2D eigenvalue weighted by Crippen LogP contribution is 2.37. The van der Waals surface area contributed by atoms with E-state index in [0.717, 1.165) is 42.5 Å². The molecule has 7 heteroatoms. The SMILES string of the molecule is N/C(CC1CCC(c2ccc(-c3cnc4ccnn4c3N)cc2)CC1)=N/O. The molecule has 0 bridgehead atoms. The number of nitrogens with zero attached hydrogens (tertiary/aromatic N) is 4. The first-order valence-corrected chi connectivity index (χ1v) is 9.30. The van der Waals surface area contributed by atoms with Crippen LogP contribution in [0.4, 0.5) is 5.82 Å². The fraction of sp³-hybridized carbons (Fsp3) is 0.350. The van der Waals surface area contributed by atoms with Gasteiger partial charge >= 0.3 is 0 Å². The maximum absolute atomic E-state index is 8.73. The van der Waals surface area contributed by atoms with E-state index in [2.05, 4.69) is 39.5 Å². The molecule has 0 unspecified atom stereocenters. The van der Waals surface area contributed by atoms with Gasteiger partial charge in [-0.05, 0) is 48.6 Å². The number of oxime groups is 1. The van der Waals surface area contributed by atoms with Crippen molar-refractivity contribution in [3.63, 3.8) is 0 Å². The number of anilines is 1. The van der Waals surface area contributed by atoms with E-state index in [0.29, 0.717) is 29.9 Å². The van der Waals surface area contributed by atoms with Crippen molar-refractivity contribution in [1.82, 2.24) is 14.6 Å². The Kier molecular flexibility index (Phi) is 4.66. The molecule has 0 aliphatic heterocycles. The lowest BCUT2D eigenvalue weighted by Gasteiger charge is -2.28. The van der Waals surface area contributed by atoms with Crippen LogP contribution in [0.15, 0.2) is 47.9 Å². The van der Waals surface area contributed by atoms with Crippen molar-refractivity contribution in [2.24, 2.45) is 16.8 Å². The molecule has 140 valence electrons. The van der Waals surface area contributed by atoms with Crippen molar-refractivity contribution < 1.29 is 5.21 Å². The van der Waals surface area contributed by atoms with E-state index >= 15 is 0 Å². The molecule has 1 aliphatic rings. The third-order valence-electron chi connectivity index (χ3n) is 5.62. The highest BCUT2D eigenvalue weighted by molar-refractivity contribution is 5.79. The maximum atomic E-state index is 8.73. The van der Waals surface area contributed by atoms with Crippen molar-refractivity contribution >= 4 is 17.3 Å². The standard InChI is InChI=1S/C20H24N6O/c21-18(25-27)11-13-1-3-14(4-2-13)15-5-7-16(8-6-15)17-12-23-19-9-10-24-26(19)20(17)22/h5-10,12-14,27H,1-4,11,22H2,(H2,21,25). The first-order valence-electron chi connectivity index (χ1n) is 9.30. The Labute approximate surface area is 157 Å². The molecule has 0 amide bonds. The van der Waals surface area contributed by atoms with Gasteiger partial charge in [0, 0.05) is 24.2 Å². The van der Waals surface area contributed by atoms with Gasteiger partial charge in [-0.3, -0.25) is 0 Å². The van der Waals surface area contributed by atoms with Gasteiger partial charge in [0.05, 0.1) is 6.20 Å². The number of aromatic nitrogens is 3. The van der Waals surface area contributed by atoms with Gasteiger partial charge in [0.15, 0.2) is 5.65 Å². The van der Waals surface area contributed by atoms with E-state index in [4.69, 9.17) is 16.7 Å². The van der Waals surface area contributed by atoms with Crippen molar-refractivity contribution in [1.29, 1.82) is 0 Å². The van der Waals surface area contributed by atoms with Crippen LogP contribution in [-0.2, 0) is 0 Å². The second-order valence-electron chi connectivity index (χ2n) is 7.29. The zero-order valence-corrected chi connectivity index (χ0v) is 15.1. The van der Waals surface area contributed by atoms with Crippen molar-refractivity contribution in [3.05, 3.63) is 48.3 Å².